The predicted molar refractivity (Wildman–Crippen MR) is 397 cm³/mol. The molecule has 3 aromatic rings. The van der Waals surface area contributed by atoms with Crippen LogP contribution in [0.2, 0.25) is 0 Å². The molecule has 9 N–H and O–H groups in total. The highest BCUT2D eigenvalue weighted by molar-refractivity contribution is 6.03. The van der Waals surface area contributed by atoms with Crippen LogP contribution in [0.25, 0.3) is 0 Å². The number of methoxy groups -OCH3 is 3. The number of hydrogen-bond donors (Lipinski definition) is 8. The van der Waals surface area contributed by atoms with Gasteiger partial charge >= 0.3 is 18.1 Å². The maximum absolute atomic E-state index is 14.9. The van der Waals surface area contributed by atoms with Gasteiger partial charge in [0.15, 0.2) is 0 Å². The van der Waals surface area contributed by atoms with E-state index in [1.165, 1.54) is 26.2 Å². The topological polar surface area (TPSA) is 365 Å². The fraction of sp³-hybridized carbons (Fsp3) is 0.610. The third kappa shape index (κ3) is 26.2. The van der Waals surface area contributed by atoms with E-state index >= 15 is 0 Å². The van der Waals surface area contributed by atoms with Crippen molar-refractivity contribution in [3.05, 3.63) is 95.6 Å². The van der Waals surface area contributed by atoms with Crippen LogP contribution in [0.15, 0.2) is 78.9 Å². The molecule has 105 heavy (non-hydrogen) atoms. The van der Waals surface area contributed by atoms with E-state index in [4.69, 9.17) is 24.7 Å². The number of primary amides is 1. The number of likely N-dealkylation sites (tertiary alicyclic amines) is 2. The average Bonchev–Trinajstić information content (AvgIpc) is 1.80. The third-order valence-electron chi connectivity index (χ3n) is 19.8. The summed E-state index contributed by atoms with van der Waals surface area (Å²) >= 11 is 0. The number of carbonyl (C=O) groups is 12. The van der Waals surface area contributed by atoms with Crippen LogP contribution in [0, 0.1) is 35.5 Å². The van der Waals surface area contributed by atoms with Crippen molar-refractivity contribution in [1.29, 1.82) is 0 Å². The Morgan fingerprint density at radius 2 is 1.34 bits per heavy atom. The van der Waals surface area contributed by atoms with Gasteiger partial charge < -0.3 is 66.4 Å². The highest BCUT2D eigenvalue weighted by Crippen LogP contribution is 2.31. The van der Waals surface area contributed by atoms with Gasteiger partial charge in [-0.3, -0.25) is 58.3 Å². The van der Waals surface area contributed by atoms with Crippen LogP contribution in [0.3, 0.4) is 0 Å². The molecule has 12 amide bonds. The van der Waals surface area contributed by atoms with Gasteiger partial charge in [-0.2, -0.15) is 0 Å². The molecule has 0 aliphatic carbocycles. The molecule has 0 radical (unpaired) electrons. The molecule has 2 aliphatic heterocycles. The molecule has 2 aliphatic rings. The quantitative estimate of drug-likeness (QED) is 0.0164. The lowest BCUT2D eigenvalue weighted by Crippen LogP contribution is -2.60. The fourth-order valence-electron chi connectivity index (χ4n) is 13.8. The van der Waals surface area contributed by atoms with Crippen molar-refractivity contribution in [2.75, 3.05) is 65.7 Å². The number of imide groups is 1. The minimum absolute atomic E-state index is 0.0837. The first-order chi connectivity index (χ1) is 49.8. The lowest BCUT2D eigenvalue weighted by molar-refractivity contribution is -0.149. The van der Waals surface area contributed by atoms with Crippen LogP contribution >= 0.6 is 0 Å². The Labute approximate surface area is 619 Å². The first-order valence-corrected chi connectivity index (χ1v) is 36.8. The van der Waals surface area contributed by atoms with Gasteiger partial charge in [0.25, 0.3) is 0 Å². The number of nitrogens with two attached hydrogens (primary N) is 1. The number of nitrogens with zero attached hydrogens (tertiary/aromatic N) is 4. The Kier molecular flexibility index (Phi) is 35.3. The van der Waals surface area contributed by atoms with E-state index < -0.39 is 96.2 Å². The van der Waals surface area contributed by atoms with E-state index in [1.54, 1.807) is 87.0 Å². The normalized spacial score (nSPS) is 17.3. The molecule has 0 saturated carbocycles. The van der Waals surface area contributed by atoms with E-state index in [1.807, 2.05) is 89.9 Å². The van der Waals surface area contributed by atoms with Gasteiger partial charge in [-0.25, -0.2) is 14.4 Å². The molecule has 580 valence electrons. The summed E-state index contributed by atoms with van der Waals surface area (Å²) in [6.07, 6.45) is 2.06. The molecule has 2 saturated heterocycles. The van der Waals surface area contributed by atoms with Crippen LogP contribution in [0.4, 0.5) is 21.0 Å². The smallest absolute Gasteiger partial charge is 0.411 e. The minimum Gasteiger partial charge on any atom is -0.467 e. The average molecular weight is 1470 g/mol. The van der Waals surface area contributed by atoms with Gasteiger partial charge in [-0.1, -0.05) is 137 Å². The van der Waals surface area contributed by atoms with E-state index in [-0.39, 0.29) is 123 Å². The Morgan fingerprint density at radius 3 is 1.94 bits per heavy atom. The molecule has 0 spiro atoms. The zero-order chi connectivity index (χ0) is 77.8. The molecular formula is C77H116N12O16. The van der Waals surface area contributed by atoms with Crippen LogP contribution < -0.4 is 43.0 Å². The molecule has 0 bridgehead atoms. The SMILES string of the molecule is CC[C@H](C)[C@@H]([C@@H](CC(=O)N1CCC[C@H]1[C@H](OC)[C@@H](C)C(=O)N[C@@H](Cc1ccccc1)C(=O)OC)OC)N(C)C(=O)[C@@H](NC(=O)[C@H](C(C)C)N(C)Cc1cccc(NC(=O)OCc2ccc(NC(=O)[C@H](CCCNC(N)=O)NC(=O)[C@@H](NC(=O)CCCCCN3C(=O)CC(C)C3=O)C(C)C)cc2)c1)C(C)C. The molecule has 1 unspecified atom stereocenters. The van der Waals surface area contributed by atoms with Gasteiger partial charge in [0.1, 0.15) is 30.8 Å². The fourth-order valence-corrected chi connectivity index (χ4v) is 13.8. The molecule has 28 nitrogen and oxygen atoms in total. The number of ether oxygens (including phenoxy) is 4. The first kappa shape index (κ1) is 86.6. The molecule has 0 aromatic heterocycles. The second kappa shape index (κ2) is 42.8. The zero-order valence-corrected chi connectivity index (χ0v) is 64.1. The summed E-state index contributed by atoms with van der Waals surface area (Å²) in [6, 6.07) is 16.4. The Bertz CT molecular complexity index is 3390. The molecule has 5 rings (SSSR count). The zero-order valence-electron chi connectivity index (χ0n) is 64.1. The van der Waals surface area contributed by atoms with Crippen molar-refractivity contribution in [2.45, 2.75) is 214 Å². The number of unbranched alkanes of at least 4 members (excludes halogenated alkanes) is 2. The van der Waals surface area contributed by atoms with Gasteiger partial charge in [0.05, 0.1) is 49.8 Å². The summed E-state index contributed by atoms with van der Waals surface area (Å²) in [5, 5.41) is 19.6. The van der Waals surface area contributed by atoms with E-state index in [0.717, 1.165) is 11.1 Å². The van der Waals surface area contributed by atoms with E-state index in [9.17, 15) is 57.5 Å². The van der Waals surface area contributed by atoms with Crippen LogP contribution in [0.5, 0.6) is 0 Å². The van der Waals surface area contributed by atoms with E-state index in [0.29, 0.717) is 68.6 Å². The molecule has 2 fully saturated rings. The molecule has 28 heteroatoms. The summed E-state index contributed by atoms with van der Waals surface area (Å²) in [6.45, 7) is 19.5. The predicted octanol–water partition coefficient (Wildman–Crippen LogP) is 6.82. The van der Waals surface area contributed by atoms with Crippen LogP contribution in [-0.2, 0) is 86.5 Å². The van der Waals surface area contributed by atoms with Crippen molar-refractivity contribution in [3.63, 3.8) is 0 Å². The standard InChI is InChI=1S/C77H116N12O16/c1-16-49(8)67(60(102-13)43-63(92)88-39-25-31-59(88)68(103-14)51(10)69(93)83-58(75(99)104-15)42-52-26-19-17-20-27-52)87(12)74(98)65(47(4)5)85-72(96)66(48(6)7)86(11)44-54-28-23-29-56(41-54)81-77(101)105-45-53-33-35-55(36-34-53)80-70(94)57(30-24-37-79-76(78)100)82-71(95)64(46(2)3)84-61(90)32-21-18-22-38-89-62(91)40-50(9)73(89)97/h17,19-20,23,26-29,33-36,41,46-51,57-60,64-68H,16,18,21-22,24-25,30-32,37-40,42-45H2,1-15H3,(H,80,94)(H,81,101)(H,82,95)(H,83,93)(H,84,90)(H,85,96)(H3,78,79,100)/t49-,50?,51+,57-,58-,59-,60+,64-,65-,66-,67-,68+/m0/s1. The minimum atomic E-state index is -1.09. The molecular weight excluding hydrogens is 1350 g/mol. The van der Waals surface area contributed by atoms with Crippen molar-refractivity contribution in [1.82, 2.24) is 46.2 Å². The van der Waals surface area contributed by atoms with Gasteiger partial charge in [0, 0.05) is 84.0 Å². The Balaban J connectivity index is 1.15. The number of hydrogen-bond acceptors (Lipinski definition) is 17. The van der Waals surface area contributed by atoms with Crippen molar-refractivity contribution in [2.24, 2.45) is 41.2 Å². The van der Waals surface area contributed by atoms with Crippen LogP contribution in [0.1, 0.15) is 157 Å². The molecule has 12 atom stereocenters. The second-order valence-electron chi connectivity index (χ2n) is 28.9. The summed E-state index contributed by atoms with van der Waals surface area (Å²) in [7, 11) is 7.78. The lowest BCUT2D eigenvalue weighted by Gasteiger charge is -2.41. The van der Waals surface area contributed by atoms with Gasteiger partial charge in [-0.15, -0.1) is 0 Å². The number of anilines is 2. The maximum atomic E-state index is 14.9. The monoisotopic (exact) mass is 1460 g/mol. The molecule has 2 heterocycles. The van der Waals surface area contributed by atoms with Gasteiger partial charge in [-0.05, 0) is 110 Å². The second-order valence-corrected chi connectivity index (χ2v) is 28.9. The maximum Gasteiger partial charge on any atom is 0.411 e. The van der Waals surface area contributed by atoms with Crippen molar-refractivity contribution in [3.8, 4) is 0 Å². The highest BCUT2D eigenvalue weighted by Gasteiger charge is 2.44. The largest absolute Gasteiger partial charge is 0.467 e. The number of amides is 12. The number of rotatable bonds is 42. The highest BCUT2D eigenvalue weighted by atomic mass is 16.5. The van der Waals surface area contributed by atoms with Crippen molar-refractivity contribution < 1.29 is 76.5 Å². The van der Waals surface area contributed by atoms with E-state index in [2.05, 4.69) is 37.2 Å². The lowest BCUT2D eigenvalue weighted by atomic mass is 9.89. The Hall–Kier alpha value is -9.02. The van der Waals surface area contributed by atoms with Crippen molar-refractivity contribution >= 4 is 82.6 Å². The summed E-state index contributed by atoms with van der Waals surface area (Å²) in [4.78, 5) is 167. The Morgan fingerprint density at radius 1 is 0.676 bits per heavy atom. The third-order valence-corrected chi connectivity index (χ3v) is 19.8. The number of esters is 1. The number of likely N-dealkylation sites (N-methyl/N-ethyl adjacent to an activating group) is 2. The number of nitrogens with one attached hydrogen (secondary N) is 7. The summed E-state index contributed by atoms with van der Waals surface area (Å²) in [5.41, 5.74) is 8.24. The summed E-state index contributed by atoms with van der Waals surface area (Å²) in [5.74, 6) is -6.03. The van der Waals surface area contributed by atoms with Gasteiger partial charge in [0.2, 0.25) is 53.2 Å². The number of urea groups is 1. The number of carbonyl (C=O) groups excluding carboxylic acids is 12. The first-order valence-electron chi connectivity index (χ1n) is 36.8. The molecule has 3 aromatic carbocycles. The summed E-state index contributed by atoms with van der Waals surface area (Å²) < 4.78 is 22.8. The van der Waals surface area contributed by atoms with Crippen LogP contribution in [-0.4, -0.2) is 200 Å². The number of benzene rings is 3.